The predicted octanol–water partition coefficient (Wildman–Crippen LogP) is 2.23. The molecule has 0 amide bonds. The maximum absolute atomic E-state index is 11.6. The Hall–Kier alpha value is -1.13. The number of esters is 1. The summed E-state index contributed by atoms with van der Waals surface area (Å²) < 4.78 is 5.14. The lowest BCUT2D eigenvalue weighted by Gasteiger charge is -2.17. The molecule has 0 saturated heterocycles. The quantitative estimate of drug-likeness (QED) is 0.578. The van der Waals surface area contributed by atoms with Crippen molar-refractivity contribution >= 4 is 17.6 Å². The first-order valence-corrected chi connectivity index (χ1v) is 6.06. The van der Waals surface area contributed by atoms with Crippen molar-refractivity contribution in [3.05, 3.63) is 29.0 Å². The summed E-state index contributed by atoms with van der Waals surface area (Å²) in [7, 11) is 0. The third-order valence-electron chi connectivity index (χ3n) is 2.50. The normalized spacial score (nSPS) is 10.6. The van der Waals surface area contributed by atoms with Crippen molar-refractivity contribution in [3.63, 3.8) is 0 Å². The Morgan fingerprint density at radius 1 is 1.41 bits per heavy atom. The molecule has 0 spiro atoms. The predicted molar refractivity (Wildman–Crippen MR) is 67.3 cm³/mol. The van der Waals surface area contributed by atoms with Crippen LogP contribution in [0.25, 0.3) is 0 Å². The van der Waals surface area contributed by atoms with Gasteiger partial charge >= 0.3 is 5.97 Å². The van der Waals surface area contributed by atoms with Gasteiger partial charge in [-0.2, -0.15) is 0 Å². The van der Waals surface area contributed by atoms with Crippen LogP contribution in [0.3, 0.4) is 0 Å². The number of aromatic nitrogens is 1. The van der Waals surface area contributed by atoms with Gasteiger partial charge in [-0.3, -0.25) is 0 Å². The van der Waals surface area contributed by atoms with Crippen LogP contribution in [0, 0.1) is 0 Å². The van der Waals surface area contributed by atoms with E-state index in [1.807, 2.05) is 0 Å². The summed E-state index contributed by atoms with van der Waals surface area (Å²) in [5.74, 6) is -0.360. The van der Waals surface area contributed by atoms with Crippen molar-refractivity contribution in [2.24, 2.45) is 0 Å². The number of likely N-dealkylation sites (N-methyl/N-ethyl adjacent to an activating group) is 1. The largest absolute Gasteiger partial charge is 0.461 e. The number of rotatable bonds is 6. The summed E-state index contributed by atoms with van der Waals surface area (Å²) in [6.07, 6.45) is 1.42. The highest BCUT2D eigenvalue weighted by Gasteiger charge is 2.08. The molecule has 94 valence electrons. The van der Waals surface area contributed by atoms with Crippen LogP contribution in [-0.2, 0) is 4.74 Å². The fourth-order valence-corrected chi connectivity index (χ4v) is 1.50. The highest BCUT2D eigenvalue weighted by molar-refractivity contribution is 6.29. The Bertz CT molecular complexity index is 350. The number of carbonyl (C=O) groups excluding carboxylic acids is 1. The van der Waals surface area contributed by atoms with Gasteiger partial charge in [0.2, 0.25) is 0 Å². The van der Waals surface area contributed by atoms with E-state index in [9.17, 15) is 4.79 Å². The lowest BCUT2D eigenvalue weighted by atomic mass is 10.3. The third-order valence-corrected chi connectivity index (χ3v) is 2.72. The Morgan fingerprint density at radius 2 is 2.12 bits per heavy atom. The van der Waals surface area contributed by atoms with E-state index >= 15 is 0 Å². The summed E-state index contributed by atoms with van der Waals surface area (Å²) >= 11 is 5.63. The average Bonchev–Trinajstić information content (AvgIpc) is 2.35. The molecule has 0 atom stereocenters. The molecule has 0 aromatic carbocycles. The summed E-state index contributed by atoms with van der Waals surface area (Å²) in [4.78, 5) is 17.6. The highest BCUT2D eigenvalue weighted by Crippen LogP contribution is 2.06. The van der Waals surface area contributed by atoms with E-state index in [1.165, 1.54) is 6.20 Å². The molecule has 1 heterocycles. The zero-order valence-electron chi connectivity index (χ0n) is 10.1. The maximum atomic E-state index is 11.6. The second kappa shape index (κ2) is 7.25. The van der Waals surface area contributed by atoms with E-state index in [0.717, 1.165) is 19.6 Å². The van der Waals surface area contributed by atoms with Crippen LogP contribution in [0.5, 0.6) is 0 Å². The lowest BCUT2D eigenvalue weighted by Crippen LogP contribution is -2.27. The van der Waals surface area contributed by atoms with Gasteiger partial charge in [0.25, 0.3) is 0 Å². The van der Waals surface area contributed by atoms with Crippen molar-refractivity contribution in [2.45, 2.75) is 13.8 Å². The summed E-state index contributed by atoms with van der Waals surface area (Å²) in [5, 5.41) is 0.365. The Kier molecular flexibility index (Phi) is 5.94. The molecule has 0 radical (unpaired) electrons. The monoisotopic (exact) mass is 256 g/mol. The minimum absolute atomic E-state index is 0.360. The first kappa shape index (κ1) is 13.9. The molecule has 1 aromatic heterocycles. The summed E-state index contributed by atoms with van der Waals surface area (Å²) in [5.41, 5.74) is 0.425. The van der Waals surface area contributed by atoms with Crippen molar-refractivity contribution < 1.29 is 9.53 Å². The van der Waals surface area contributed by atoms with Crippen molar-refractivity contribution in [3.8, 4) is 0 Å². The second-order valence-electron chi connectivity index (χ2n) is 3.53. The van der Waals surface area contributed by atoms with E-state index in [-0.39, 0.29) is 5.97 Å². The molecule has 0 unspecified atom stereocenters. The number of hydrogen-bond donors (Lipinski definition) is 0. The fraction of sp³-hybridized carbons (Fsp3) is 0.500. The van der Waals surface area contributed by atoms with E-state index in [2.05, 4.69) is 23.7 Å². The van der Waals surface area contributed by atoms with E-state index in [1.54, 1.807) is 12.1 Å². The van der Waals surface area contributed by atoms with Gasteiger partial charge in [0.1, 0.15) is 11.8 Å². The Balaban J connectivity index is 2.37. The van der Waals surface area contributed by atoms with Crippen molar-refractivity contribution in [1.29, 1.82) is 0 Å². The molecule has 0 aliphatic heterocycles. The molecule has 4 nitrogen and oxygen atoms in total. The second-order valence-corrected chi connectivity index (χ2v) is 3.92. The van der Waals surface area contributed by atoms with Crippen LogP contribution in [0.4, 0.5) is 0 Å². The van der Waals surface area contributed by atoms with Crippen LogP contribution in [0.2, 0.25) is 5.15 Å². The SMILES string of the molecule is CCN(CC)CCOC(=O)c1ccc(Cl)nc1. The number of carbonyl (C=O) groups is 1. The number of ether oxygens (including phenoxy) is 1. The van der Waals surface area contributed by atoms with Crippen LogP contribution >= 0.6 is 11.6 Å². The summed E-state index contributed by atoms with van der Waals surface area (Å²) in [6.45, 7) is 7.21. The van der Waals surface area contributed by atoms with Gasteiger partial charge in [0, 0.05) is 12.7 Å². The minimum Gasteiger partial charge on any atom is -0.461 e. The molecule has 0 saturated carbocycles. The number of hydrogen-bond acceptors (Lipinski definition) is 4. The zero-order chi connectivity index (χ0) is 12.7. The number of halogens is 1. The minimum atomic E-state index is -0.360. The van der Waals surface area contributed by atoms with Gasteiger partial charge in [-0.15, -0.1) is 0 Å². The molecular weight excluding hydrogens is 240 g/mol. The molecule has 1 aromatic rings. The van der Waals surface area contributed by atoms with Crippen LogP contribution < -0.4 is 0 Å². The van der Waals surface area contributed by atoms with Crippen LogP contribution in [0.15, 0.2) is 18.3 Å². The van der Waals surface area contributed by atoms with Crippen LogP contribution in [0.1, 0.15) is 24.2 Å². The standard InChI is InChI=1S/C12H17ClN2O2/c1-3-15(4-2)7-8-17-12(16)10-5-6-11(13)14-9-10/h5-6,9H,3-4,7-8H2,1-2H3. The van der Waals surface area contributed by atoms with E-state index in [0.29, 0.717) is 17.3 Å². The van der Waals surface area contributed by atoms with Gasteiger partial charge in [-0.1, -0.05) is 25.4 Å². The number of nitrogens with zero attached hydrogens (tertiary/aromatic N) is 2. The molecule has 1 rings (SSSR count). The van der Waals surface area contributed by atoms with Gasteiger partial charge in [-0.25, -0.2) is 9.78 Å². The first-order chi connectivity index (χ1) is 8.17. The van der Waals surface area contributed by atoms with Gasteiger partial charge in [-0.05, 0) is 25.2 Å². The molecule has 0 fully saturated rings. The molecule has 0 aliphatic rings. The molecule has 0 N–H and O–H groups in total. The molecule has 0 aliphatic carbocycles. The third kappa shape index (κ3) is 4.71. The maximum Gasteiger partial charge on any atom is 0.339 e. The van der Waals surface area contributed by atoms with E-state index < -0.39 is 0 Å². The first-order valence-electron chi connectivity index (χ1n) is 5.68. The molecule has 17 heavy (non-hydrogen) atoms. The van der Waals surface area contributed by atoms with E-state index in [4.69, 9.17) is 16.3 Å². The van der Waals surface area contributed by atoms with Gasteiger partial charge in [0.15, 0.2) is 0 Å². The van der Waals surface area contributed by atoms with Crippen LogP contribution in [-0.4, -0.2) is 42.1 Å². The fourth-order valence-electron chi connectivity index (χ4n) is 1.39. The summed E-state index contributed by atoms with van der Waals surface area (Å²) in [6, 6.07) is 3.18. The average molecular weight is 257 g/mol. The highest BCUT2D eigenvalue weighted by atomic mass is 35.5. The van der Waals surface area contributed by atoms with Crippen molar-refractivity contribution in [2.75, 3.05) is 26.2 Å². The molecule has 0 bridgehead atoms. The topological polar surface area (TPSA) is 42.4 Å². The van der Waals surface area contributed by atoms with Gasteiger partial charge < -0.3 is 9.64 Å². The van der Waals surface area contributed by atoms with Crippen molar-refractivity contribution in [1.82, 2.24) is 9.88 Å². The zero-order valence-corrected chi connectivity index (χ0v) is 10.9. The molecular formula is C12H17ClN2O2. The Labute approximate surface area is 107 Å². The number of pyridine rings is 1. The molecule has 5 heteroatoms. The smallest absolute Gasteiger partial charge is 0.339 e. The van der Waals surface area contributed by atoms with Gasteiger partial charge in [0.05, 0.1) is 5.56 Å². The lowest BCUT2D eigenvalue weighted by molar-refractivity contribution is 0.0466. The Morgan fingerprint density at radius 3 is 2.65 bits per heavy atom.